The van der Waals surface area contributed by atoms with Gasteiger partial charge in [0.05, 0.1) is 21.5 Å². The zero-order chi connectivity index (χ0) is 23.3. The fourth-order valence-electron chi connectivity index (χ4n) is 5.31. The van der Waals surface area contributed by atoms with Crippen LogP contribution < -0.4 is 5.43 Å². The molecule has 0 N–H and O–H groups in total. The number of piperidine rings is 1. The molecule has 2 aliphatic heterocycles. The zero-order valence-electron chi connectivity index (χ0n) is 18.7. The summed E-state index contributed by atoms with van der Waals surface area (Å²) >= 11 is 6.83. The maximum atomic E-state index is 15.5. The van der Waals surface area contributed by atoms with E-state index in [2.05, 4.69) is 10.0 Å². The molecule has 184 valence electrons. The number of nitrogens with zero attached hydrogens (tertiary/aromatic N) is 4. The van der Waals surface area contributed by atoms with Gasteiger partial charge in [0, 0.05) is 54.8 Å². The molecular weight excluding hydrogens is 486 g/mol. The van der Waals surface area contributed by atoms with E-state index in [0.29, 0.717) is 17.6 Å². The van der Waals surface area contributed by atoms with Crippen molar-refractivity contribution in [2.24, 2.45) is 0 Å². The first kappa shape index (κ1) is 25.0. The molecule has 1 atom stereocenters. The van der Waals surface area contributed by atoms with Crippen molar-refractivity contribution in [1.82, 2.24) is 14.6 Å². The van der Waals surface area contributed by atoms with E-state index in [1.807, 2.05) is 0 Å². The molecule has 0 amide bonds. The van der Waals surface area contributed by atoms with Crippen LogP contribution in [0.1, 0.15) is 66.4 Å². The maximum absolute atomic E-state index is 15.5. The minimum absolute atomic E-state index is 0. The number of pyridine rings is 1. The highest BCUT2D eigenvalue weighted by Gasteiger charge is 2.34. The van der Waals surface area contributed by atoms with Crippen molar-refractivity contribution in [2.45, 2.75) is 50.5 Å². The lowest BCUT2D eigenvalue weighted by Crippen LogP contribution is -2.46. The molecule has 0 bridgehead atoms. The summed E-state index contributed by atoms with van der Waals surface area (Å²) in [5.74, 6) is -1.54. The van der Waals surface area contributed by atoms with Crippen LogP contribution >= 0.6 is 24.0 Å². The van der Waals surface area contributed by atoms with Crippen molar-refractivity contribution in [3.8, 4) is 0 Å². The molecule has 0 spiro atoms. The SMILES string of the molecule is Cl.O=C(C[N+](=O)[O-])c1cn(C2CC2)c2c(Cl)c(C3CCCN(N4CCCC4)C3)c(F)cc2c1=O. The molecule has 1 aromatic heterocycles. The van der Waals surface area contributed by atoms with Crippen LogP contribution in [0.15, 0.2) is 17.1 Å². The van der Waals surface area contributed by atoms with Gasteiger partial charge in [-0.2, -0.15) is 0 Å². The number of hydrogen-bond donors (Lipinski definition) is 0. The van der Waals surface area contributed by atoms with E-state index < -0.39 is 28.5 Å². The second-order valence-electron chi connectivity index (χ2n) is 9.32. The standard InChI is InChI=1S/C23H26ClFN4O4.ClH/c24-21-20(14-4-3-9-27(11-14)26-7-1-2-8-26)18(25)10-16-22(21)28(15-5-6-15)12-17(23(16)31)19(30)13-29(32)33;/h10,12,14-15H,1-9,11,13H2;1H. The predicted molar refractivity (Wildman–Crippen MR) is 129 cm³/mol. The Morgan fingerprint density at radius 2 is 1.82 bits per heavy atom. The summed E-state index contributed by atoms with van der Waals surface area (Å²) in [5, 5.41) is 15.7. The second-order valence-corrected chi connectivity index (χ2v) is 9.70. The Kier molecular flexibility index (Phi) is 7.28. The number of nitro groups is 1. The lowest BCUT2D eigenvalue weighted by Gasteiger charge is -2.39. The molecule has 1 aliphatic carbocycles. The van der Waals surface area contributed by atoms with Crippen LogP contribution in [0.3, 0.4) is 0 Å². The van der Waals surface area contributed by atoms with Gasteiger partial charge in [-0.3, -0.25) is 19.7 Å². The maximum Gasteiger partial charge on any atom is 0.266 e. The number of hydrazine groups is 1. The average Bonchev–Trinajstić information content (AvgIpc) is 3.47. The van der Waals surface area contributed by atoms with Gasteiger partial charge in [0.1, 0.15) is 5.82 Å². The molecule has 2 aromatic rings. The van der Waals surface area contributed by atoms with Crippen LogP contribution in [0.25, 0.3) is 10.9 Å². The molecule has 0 radical (unpaired) electrons. The van der Waals surface area contributed by atoms with E-state index in [1.54, 1.807) is 4.57 Å². The fourth-order valence-corrected chi connectivity index (χ4v) is 5.75. The van der Waals surface area contributed by atoms with Gasteiger partial charge in [-0.25, -0.2) is 14.4 Å². The number of fused-ring (bicyclic) bond motifs is 1. The summed E-state index contributed by atoms with van der Waals surface area (Å²) in [6.07, 6.45) is 7.14. The van der Waals surface area contributed by atoms with Crippen LogP contribution in [-0.4, -0.2) is 58.0 Å². The molecule has 34 heavy (non-hydrogen) atoms. The Morgan fingerprint density at radius 1 is 1.15 bits per heavy atom. The number of rotatable bonds is 6. The molecule has 3 aliphatic rings. The number of carbonyl (C=O) groups is 1. The second kappa shape index (κ2) is 9.89. The van der Waals surface area contributed by atoms with E-state index in [4.69, 9.17) is 11.6 Å². The molecule has 1 aromatic carbocycles. The van der Waals surface area contributed by atoms with E-state index in [1.165, 1.54) is 12.3 Å². The minimum Gasteiger partial charge on any atom is -0.342 e. The highest BCUT2D eigenvalue weighted by Crippen LogP contribution is 2.42. The summed E-state index contributed by atoms with van der Waals surface area (Å²) in [6.45, 7) is 2.67. The zero-order valence-corrected chi connectivity index (χ0v) is 20.2. The van der Waals surface area contributed by atoms with Gasteiger partial charge >= 0.3 is 0 Å². The van der Waals surface area contributed by atoms with Crippen molar-refractivity contribution in [1.29, 1.82) is 0 Å². The Balaban J connectivity index is 0.00000274. The fraction of sp³-hybridized carbons (Fsp3) is 0.565. The molecule has 1 saturated carbocycles. The molecule has 3 heterocycles. The summed E-state index contributed by atoms with van der Waals surface area (Å²) in [4.78, 5) is 35.5. The normalized spacial score (nSPS) is 21.5. The molecule has 1 unspecified atom stereocenters. The average molecular weight is 513 g/mol. The third kappa shape index (κ3) is 4.58. The van der Waals surface area contributed by atoms with Gasteiger partial charge in [-0.05, 0) is 44.6 Å². The number of aromatic nitrogens is 1. The van der Waals surface area contributed by atoms with Gasteiger partial charge in [-0.15, -0.1) is 12.4 Å². The van der Waals surface area contributed by atoms with Crippen molar-refractivity contribution in [3.05, 3.63) is 54.6 Å². The number of benzene rings is 1. The van der Waals surface area contributed by atoms with Crippen LogP contribution in [0.4, 0.5) is 4.39 Å². The van der Waals surface area contributed by atoms with Gasteiger partial charge in [0.2, 0.25) is 11.2 Å². The first-order valence-corrected chi connectivity index (χ1v) is 11.9. The van der Waals surface area contributed by atoms with Crippen LogP contribution in [0.2, 0.25) is 5.02 Å². The lowest BCUT2D eigenvalue weighted by atomic mass is 9.89. The van der Waals surface area contributed by atoms with E-state index >= 15 is 4.39 Å². The topological polar surface area (TPSA) is 88.7 Å². The Labute approximate surface area is 207 Å². The van der Waals surface area contributed by atoms with Crippen molar-refractivity contribution >= 4 is 40.7 Å². The third-order valence-corrected chi connectivity index (χ3v) is 7.43. The highest BCUT2D eigenvalue weighted by molar-refractivity contribution is 6.36. The first-order valence-electron chi connectivity index (χ1n) is 11.6. The number of halogens is 3. The van der Waals surface area contributed by atoms with Gasteiger partial charge in [0.25, 0.3) is 6.54 Å². The van der Waals surface area contributed by atoms with E-state index in [-0.39, 0.29) is 40.3 Å². The Hall–Kier alpha value is -2.07. The highest BCUT2D eigenvalue weighted by atomic mass is 35.5. The molecule has 8 nitrogen and oxygen atoms in total. The van der Waals surface area contributed by atoms with Crippen LogP contribution in [-0.2, 0) is 0 Å². The largest absolute Gasteiger partial charge is 0.342 e. The van der Waals surface area contributed by atoms with E-state index in [9.17, 15) is 19.7 Å². The first-order chi connectivity index (χ1) is 15.8. The smallest absolute Gasteiger partial charge is 0.266 e. The molecule has 3 fully saturated rings. The summed E-state index contributed by atoms with van der Waals surface area (Å²) < 4.78 is 17.2. The Morgan fingerprint density at radius 3 is 2.47 bits per heavy atom. The lowest BCUT2D eigenvalue weighted by molar-refractivity contribution is -0.465. The number of carbonyl (C=O) groups excluding carboxylic acids is 1. The number of ketones is 1. The van der Waals surface area contributed by atoms with E-state index in [0.717, 1.165) is 58.2 Å². The van der Waals surface area contributed by atoms with Crippen LogP contribution in [0, 0.1) is 15.9 Å². The Bertz CT molecular complexity index is 1190. The van der Waals surface area contributed by atoms with Crippen LogP contribution in [0.5, 0.6) is 0 Å². The summed E-state index contributed by atoms with van der Waals surface area (Å²) in [7, 11) is 0. The molecule has 11 heteroatoms. The third-order valence-electron chi connectivity index (χ3n) is 7.05. The minimum atomic E-state index is -0.978. The number of Topliss-reactive ketones (excluding diaryl/α,β-unsaturated/α-hetero) is 1. The van der Waals surface area contributed by atoms with Crippen molar-refractivity contribution < 1.29 is 14.1 Å². The predicted octanol–water partition coefficient (Wildman–Crippen LogP) is 4.20. The molecule has 2 saturated heterocycles. The van der Waals surface area contributed by atoms with Gasteiger partial charge in [0.15, 0.2) is 0 Å². The number of hydrogen-bond acceptors (Lipinski definition) is 6. The van der Waals surface area contributed by atoms with Crippen molar-refractivity contribution in [3.63, 3.8) is 0 Å². The quantitative estimate of drug-likeness (QED) is 0.327. The van der Waals surface area contributed by atoms with Gasteiger partial charge in [-0.1, -0.05) is 11.6 Å². The van der Waals surface area contributed by atoms with Gasteiger partial charge < -0.3 is 4.57 Å². The monoisotopic (exact) mass is 512 g/mol. The summed E-state index contributed by atoms with van der Waals surface area (Å²) in [6, 6.07) is 1.22. The van der Waals surface area contributed by atoms with Crippen molar-refractivity contribution in [2.75, 3.05) is 32.7 Å². The molecule has 5 rings (SSSR count). The molecular formula is C23H27Cl2FN4O4. The summed E-state index contributed by atoms with van der Waals surface area (Å²) in [5.41, 5.74) is -0.140.